The maximum absolute atomic E-state index is 10.9. The lowest BCUT2D eigenvalue weighted by atomic mass is 9.77. The van der Waals surface area contributed by atoms with Crippen LogP contribution in [-0.2, 0) is 9.84 Å². The van der Waals surface area contributed by atoms with E-state index in [1.54, 1.807) is 0 Å². The van der Waals surface area contributed by atoms with E-state index in [1.165, 1.54) is 6.26 Å². The van der Waals surface area contributed by atoms with Crippen molar-refractivity contribution in [2.75, 3.05) is 25.1 Å². The fraction of sp³-hybridized carbons (Fsp3) is 1.00. The molecule has 0 radical (unpaired) electrons. The van der Waals surface area contributed by atoms with Crippen LogP contribution in [0.5, 0.6) is 0 Å². The largest absolute Gasteiger partial charge is 0.316 e. The quantitative estimate of drug-likeness (QED) is 0.700. The lowest BCUT2D eigenvalue weighted by Crippen LogP contribution is -2.53. The molecule has 4 heteroatoms. The van der Waals surface area contributed by atoms with Crippen molar-refractivity contribution in [2.45, 2.75) is 19.8 Å². The normalized spacial score (nSPS) is 21.8. The van der Waals surface area contributed by atoms with Gasteiger partial charge in [-0.15, -0.1) is 0 Å². The summed E-state index contributed by atoms with van der Waals surface area (Å²) in [5.74, 6) is 0.336. The Bertz CT molecular complexity index is 236. The van der Waals surface area contributed by atoms with Crippen LogP contribution in [0.1, 0.15) is 19.8 Å². The Hall–Kier alpha value is -0.0900. The van der Waals surface area contributed by atoms with Crippen LogP contribution in [-0.4, -0.2) is 33.5 Å². The molecule has 0 aromatic rings. The molecular weight excluding hydrogens is 174 g/mol. The van der Waals surface area contributed by atoms with Crippen molar-refractivity contribution in [1.82, 2.24) is 5.32 Å². The fourth-order valence-corrected chi connectivity index (χ4v) is 2.29. The molecule has 3 nitrogen and oxygen atoms in total. The Morgan fingerprint density at radius 3 is 2.25 bits per heavy atom. The van der Waals surface area contributed by atoms with Crippen molar-refractivity contribution in [3.63, 3.8) is 0 Å². The van der Waals surface area contributed by atoms with Crippen LogP contribution in [0.4, 0.5) is 0 Å². The molecule has 1 aliphatic heterocycles. The van der Waals surface area contributed by atoms with Crippen molar-refractivity contribution in [2.24, 2.45) is 5.41 Å². The predicted molar refractivity (Wildman–Crippen MR) is 49.9 cm³/mol. The summed E-state index contributed by atoms with van der Waals surface area (Å²) < 4.78 is 21.8. The number of hydrogen-bond donors (Lipinski definition) is 1. The third-order valence-corrected chi connectivity index (χ3v) is 3.70. The summed E-state index contributed by atoms with van der Waals surface area (Å²) >= 11 is 0. The summed E-state index contributed by atoms with van der Waals surface area (Å²) in [6.45, 7) is 4.10. The first kappa shape index (κ1) is 9.99. The van der Waals surface area contributed by atoms with Gasteiger partial charge in [-0.1, -0.05) is 6.92 Å². The summed E-state index contributed by atoms with van der Waals surface area (Å²) in [5.41, 5.74) is 0.281. The highest BCUT2D eigenvalue weighted by Gasteiger charge is 2.35. The monoisotopic (exact) mass is 191 g/mol. The predicted octanol–water partition coefficient (Wildman–Crippen LogP) is 0.421. The van der Waals surface area contributed by atoms with Gasteiger partial charge < -0.3 is 5.32 Å². The first-order valence-corrected chi connectivity index (χ1v) is 6.42. The zero-order valence-electron chi connectivity index (χ0n) is 7.76. The number of hydrogen-bond acceptors (Lipinski definition) is 3. The molecule has 1 N–H and O–H groups in total. The van der Waals surface area contributed by atoms with Crippen LogP contribution in [0, 0.1) is 5.41 Å². The second-order valence-corrected chi connectivity index (χ2v) is 6.10. The first-order chi connectivity index (χ1) is 5.47. The van der Waals surface area contributed by atoms with Gasteiger partial charge in [-0.05, 0) is 18.3 Å². The lowest BCUT2D eigenvalue weighted by molar-refractivity contribution is 0.155. The molecule has 1 aliphatic rings. The van der Waals surface area contributed by atoms with Crippen molar-refractivity contribution < 1.29 is 8.42 Å². The third-order valence-electron chi connectivity index (χ3n) is 2.75. The molecule has 1 rings (SSSR count). The maximum atomic E-state index is 10.9. The van der Waals surface area contributed by atoms with E-state index in [-0.39, 0.29) is 5.41 Å². The molecule has 0 aromatic carbocycles. The lowest BCUT2D eigenvalue weighted by Gasteiger charge is -2.42. The molecule has 0 aromatic heterocycles. The van der Waals surface area contributed by atoms with E-state index in [4.69, 9.17) is 0 Å². The highest BCUT2D eigenvalue weighted by atomic mass is 32.2. The van der Waals surface area contributed by atoms with Crippen LogP contribution in [0.3, 0.4) is 0 Å². The van der Waals surface area contributed by atoms with Gasteiger partial charge in [0.2, 0.25) is 0 Å². The molecule has 72 valence electrons. The van der Waals surface area contributed by atoms with Gasteiger partial charge in [-0.25, -0.2) is 8.42 Å². The van der Waals surface area contributed by atoms with Crippen molar-refractivity contribution in [1.29, 1.82) is 0 Å². The highest BCUT2D eigenvalue weighted by molar-refractivity contribution is 7.90. The van der Waals surface area contributed by atoms with Crippen LogP contribution in [0.25, 0.3) is 0 Å². The molecule has 12 heavy (non-hydrogen) atoms. The number of rotatable bonds is 4. The Morgan fingerprint density at radius 1 is 1.42 bits per heavy atom. The van der Waals surface area contributed by atoms with E-state index in [0.29, 0.717) is 5.75 Å². The fourth-order valence-electron chi connectivity index (χ4n) is 1.48. The minimum absolute atomic E-state index is 0.281. The summed E-state index contributed by atoms with van der Waals surface area (Å²) in [7, 11) is -2.77. The van der Waals surface area contributed by atoms with Crippen LogP contribution in [0.15, 0.2) is 0 Å². The SMILES string of the molecule is CCC1(CCS(C)(=O)=O)CNC1. The topological polar surface area (TPSA) is 46.2 Å². The van der Waals surface area contributed by atoms with Crippen LogP contribution >= 0.6 is 0 Å². The average molecular weight is 191 g/mol. The summed E-state index contributed by atoms with van der Waals surface area (Å²) in [6, 6.07) is 0. The van der Waals surface area contributed by atoms with Gasteiger partial charge in [0.15, 0.2) is 0 Å². The molecule has 0 amide bonds. The molecule has 0 saturated carbocycles. The minimum Gasteiger partial charge on any atom is -0.316 e. The third kappa shape index (κ3) is 2.45. The molecule has 0 aliphatic carbocycles. The Labute approximate surface area is 74.5 Å². The number of nitrogens with one attached hydrogen (secondary N) is 1. The highest BCUT2D eigenvalue weighted by Crippen LogP contribution is 2.30. The second kappa shape index (κ2) is 3.34. The first-order valence-electron chi connectivity index (χ1n) is 4.36. The van der Waals surface area contributed by atoms with Crippen molar-refractivity contribution >= 4 is 9.84 Å². The van der Waals surface area contributed by atoms with Crippen LogP contribution < -0.4 is 5.32 Å². The molecule has 1 fully saturated rings. The summed E-state index contributed by atoms with van der Waals surface area (Å²) in [5, 5.41) is 3.19. The molecule has 1 heterocycles. The van der Waals surface area contributed by atoms with E-state index in [0.717, 1.165) is 25.9 Å². The summed E-state index contributed by atoms with van der Waals surface area (Å²) in [4.78, 5) is 0. The van der Waals surface area contributed by atoms with Gasteiger partial charge in [-0.2, -0.15) is 0 Å². The van der Waals surface area contributed by atoms with Gasteiger partial charge in [0, 0.05) is 19.3 Å². The number of sulfone groups is 1. The molecule has 0 spiro atoms. The van der Waals surface area contributed by atoms with Gasteiger partial charge in [0.05, 0.1) is 5.75 Å². The standard InChI is InChI=1S/C8H17NO2S/c1-3-8(6-9-7-8)4-5-12(2,10)11/h9H,3-7H2,1-2H3. The Morgan fingerprint density at radius 2 is 2.00 bits per heavy atom. The zero-order chi connectivity index (χ0) is 9.24. The van der Waals surface area contributed by atoms with E-state index in [2.05, 4.69) is 12.2 Å². The van der Waals surface area contributed by atoms with E-state index in [1.807, 2.05) is 0 Å². The van der Waals surface area contributed by atoms with Gasteiger partial charge in [0.1, 0.15) is 9.84 Å². The smallest absolute Gasteiger partial charge is 0.147 e. The van der Waals surface area contributed by atoms with E-state index < -0.39 is 9.84 Å². The van der Waals surface area contributed by atoms with Gasteiger partial charge in [0.25, 0.3) is 0 Å². The van der Waals surface area contributed by atoms with E-state index in [9.17, 15) is 8.42 Å². The zero-order valence-corrected chi connectivity index (χ0v) is 8.58. The average Bonchev–Trinajstić information content (AvgIpc) is 1.84. The molecule has 0 atom stereocenters. The van der Waals surface area contributed by atoms with Crippen LogP contribution in [0.2, 0.25) is 0 Å². The van der Waals surface area contributed by atoms with Gasteiger partial charge >= 0.3 is 0 Å². The molecule has 1 saturated heterocycles. The molecule has 0 unspecified atom stereocenters. The van der Waals surface area contributed by atoms with Crippen molar-refractivity contribution in [3.8, 4) is 0 Å². The maximum Gasteiger partial charge on any atom is 0.147 e. The second-order valence-electron chi connectivity index (χ2n) is 3.84. The Kier molecular flexibility index (Phi) is 2.78. The van der Waals surface area contributed by atoms with Gasteiger partial charge in [-0.3, -0.25) is 0 Å². The van der Waals surface area contributed by atoms with Crippen molar-refractivity contribution in [3.05, 3.63) is 0 Å². The minimum atomic E-state index is -2.77. The molecule has 0 bridgehead atoms. The van der Waals surface area contributed by atoms with E-state index >= 15 is 0 Å². The Balaban J connectivity index is 2.40. The summed E-state index contributed by atoms with van der Waals surface area (Å²) in [6.07, 6.45) is 3.20. The molecular formula is C8H17NO2S.